The Bertz CT molecular complexity index is 596. The summed E-state index contributed by atoms with van der Waals surface area (Å²) in [4.78, 5) is 25.1. The highest BCUT2D eigenvalue weighted by Gasteiger charge is 2.13. The molecule has 0 spiro atoms. The van der Waals surface area contributed by atoms with Crippen molar-refractivity contribution in [3.63, 3.8) is 0 Å². The Morgan fingerprint density at radius 3 is 2.14 bits per heavy atom. The van der Waals surface area contributed by atoms with E-state index in [4.69, 9.17) is 4.74 Å². The van der Waals surface area contributed by atoms with Crippen molar-refractivity contribution in [3.05, 3.63) is 66.2 Å². The van der Waals surface area contributed by atoms with E-state index in [-0.39, 0.29) is 18.9 Å². The largest absolute Gasteiger partial charge is 0.455 e. The third-order valence-electron chi connectivity index (χ3n) is 3.07. The number of para-hydroxylation sites is 1. The van der Waals surface area contributed by atoms with Crippen molar-refractivity contribution in [1.82, 2.24) is 0 Å². The highest BCUT2D eigenvalue weighted by Crippen LogP contribution is 2.11. The smallest absolute Gasteiger partial charge is 0.310 e. The predicted molar refractivity (Wildman–Crippen MR) is 81.0 cm³/mol. The monoisotopic (exact) mass is 283 g/mol. The molecule has 0 aliphatic carbocycles. The second-order valence-corrected chi connectivity index (χ2v) is 4.61. The van der Waals surface area contributed by atoms with Gasteiger partial charge in [0.1, 0.15) is 0 Å². The summed E-state index contributed by atoms with van der Waals surface area (Å²) >= 11 is 0. The summed E-state index contributed by atoms with van der Waals surface area (Å²) in [6, 6.07) is 18.5. The van der Waals surface area contributed by atoms with Crippen LogP contribution < -0.4 is 4.90 Å². The number of ether oxygens (including phenoxy) is 1. The molecule has 0 aliphatic heterocycles. The minimum absolute atomic E-state index is 0.170. The van der Waals surface area contributed by atoms with Crippen molar-refractivity contribution in [2.45, 2.75) is 6.42 Å². The van der Waals surface area contributed by atoms with Crippen LogP contribution in [0.4, 0.5) is 5.69 Å². The van der Waals surface area contributed by atoms with Crippen LogP contribution in [0.25, 0.3) is 0 Å². The lowest BCUT2D eigenvalue weighted by molar-refractivity contribution is -0.147. The number of anilines is 1. The molecule has 0 radical (unpaired) electrons. The van der Waals surface area contributed by atoms with Crippen LogP contribution in [0.15, 0.2) is 60.7 Å². The molecule has 0 fully saturated rings. The zero-order valence-electron chi connectivity index (χ0n) is 11.9. The molecule has 4 nitrogen and oxygen atoms in total. The molecule has 1 amide bonds. The molecule has 0 aromatic heterocycles. The molecule has 0 N–H and O–H groups in total. The van der Waals surface area contributed by atoms with Gasteiger partial charge in [-0.1, -0.05) is 48.5 Å². The fraction of sp³-hybridized carbons (Fsp3) is 0.176. The molecule has 0 aliphatic rings. The SMILES string of the molecule is CN(C(=O)COC(=O)Cc1ccccc1)c1ccccc1. The number of esters is 1. The van der Waals surface area contributed by atoms with E-state index in [0.29, 0.717) is 0 Å². The van der Waals surface area contributed by atoms with Crippen LogP contribution in [0, 0.1) is 0 Å². The first-order chi connectivity index (χ1) is 10.2. The zero-order chi connectivity index (χ0) is 15.1. The van der Waals surface area contributed by atoms with Gasteiger partial charge in [-0.25, -0.2) is 0 Å². The lowest BCUT2D eigenvalue weighted by Crippen LogP contribution is -2.31. The van der Waals surface area contributed by atoms with Gasteiger partial charge in [-0.2, -0.15) is 0 Å². The maximum absolute atomic E-state index is 11.9. The van der Waals surface area contributed by atoms with Crippen molar-refractivity contribution in [2.24, 2.45) is 0 Å². The van der Waals surface area contributed by atoms with Gasteiger partial charge in [-0.15, -0.1) is 0 Å². The standard InChI is InChI=1S/C17H17NO3/c1-18(15-10-6-3-7-11-15)16(19)13-21-17(20)12-14-8-4-2-5-9-14/h2-11H,12-13H2,1H3. The van der Waals surface area contributed by atoms with Crippen LogP contribution in [-0.4, -0.2) is 25.5 Å². The van der Waals surface area contributed by atoms with Gasteiger partial charge in [-0.05, 0) is 17.7 Å². The molecule has 0 atom stereocenters. The van der Waals surface area contributed by atoms with E-state index in [9.17, 15) is 9.59 Å². The number of hydrogen-bond donors (Lipinski definition) is 0. The summed E-state index contributed by atoms with van der Waals surface area (Å²) in [5, 5.41) is 0. The normalized spacial score (nSPS) is 9.95. The van der Waals surface area contributed by atoms with E-state index in [1.54, 1.807) is 7.05 Å². The van der Waals surface area contributed by atoms with Gasteiger partial charge in [-0.3, -0.25) is 9.59 Å². The van der Waals surface area contributed by atoms with Gasteiger partial charge >= 0.3 is 5.97 Å². The second-order valence-electron chi connectivity index (χ2n) is 4.61. The predicted octanol–water partition coefficient (Wildman–Crippen LogP) is 2.44. The van der Waals surface area contributed by atoms with Crippen LogP contribution in [0.5, 0.6) is 0 Å². The van der Waals surface area contributed by atoms with Crippen molar-refractivity contribution in [2.75, 3.05) is 18.6 Å². The average Bonchev–Trinajstić information content (AvgIpc) is 2.53. The van der Waals surface area contributed by atoms with Crippen molar-refractivity contribution < 1.29 is 14.3 Å². The Hall–Kier alpha value is -2.62. The average molecular weight is 283 g/mol. The van der Waals surface area contributed by atoms with E-state index < -0.39 is 5.97 Å². The molecule has 0 heterocycles. The Kier molecular flexibility index (Phi) is 5.10. The molecule has 2 aromatic carbocycles. The van der Waals surface area contributed by atoms with Crippen LogP contribution in [0.3, 0.4) is 0 Å². The Morgan fingerprint density at radius 2 is 1.52 bits per heavy atom. The Morgan fingerprint density at radius 1 is 0.952 bits per heavy atom. The first kappa shape index (κ1) is 14.8. The highest BCUT2D eigenvalue weighted by atomic mass is 16.5. The summed E-state index contributed by atoms with van der Waals surface area (Å²) in [5.74, 6) is -0.668. The van der Waals surface area contributed by atoms with E-state index in [1.807, 2.05) is 60.7 Å². The van der Waals surface area contributed by atoms with Crippen LogP contribution in [0.2, 0.25) is 0 Å². The van der Waals surface area contributed by atoms with Gasteiger partial charge in [0, 0.05) is 12.7 Å². The number of amides is 1. The third-order valence-corrected chi connectivity index (χ3v) is 3.07. The van der Waals surface area contributed by atoms with Crippen LogP contribution >= 0.6 is 0 Å². The summed E-state index contributed by atoms with van der Waals surface area (Å²) < 4.78 is 5.02. The molecule has 2 rings (SSSR count). The molecular weight excluding hydrogens is 266 g/mol. The van der Waals surface area contributed by atoms with E-state index in [0.717, 1.165) is 11.3 Å². The minimum atomic E-state index is -0.406. The van der Waals surface area contributed by atoms with Crippen molar-refractivity contribution in [1.29, 1.82) is 0 Å². The van der Waals surface area contributed by atoms with Gasteiger partial charge < -0.3 is 9.64 Å². The van der Waals surface area contributed by atoms with Crippen LogP contribution in [0.1, 0.15) is 5.56 Å². The maximum Gasteiger partial charge on any atom is 0.310 e. The molecule has 21 heavy (non-hydrogen) atoms. The van der Waals surface area contributed by atoms with Gasteiger partial charge in [0.15, 0.2) is 6.61 Å². The lowest BCUT2D eigenvalue weighted by atomic mass is 10.2. The lowest BCUT2D eigenvalue weighted by Gasteiger charge is -2.17. The topological polar surface area (TPSA) is 46.6 Å². The van der Waals surface area contributed by atoms with Crippen molar-refractivity contribution >= 4 is 17.6 Å². The summed E-state index contributed by atoms with van der Waals surface area (Å²) in [6.45, 7) is -0.253. The molecule has 108 valence electrons. The number of carbonyl (C=O) groups is 2. The number of likely N-dealkylation sites (N-methyl/N-ethyl adjacent to an activating group) is 1. The first-order valence-corrected chi connectivity index (χ1v) is 6.68. The summed E-state index contributed by atoms with van der Waals surface area (Å²) in [5.41, 5.74) is 1.63. The number of rotatable bonds is 5. The van der Waals surface area contributed by atoms with Crippen LogP contribution in [-0.2, 0) is 20.7 Å². The fourth-order valence-corrected chi connectivity index (χ4v) is 1.85. The maximum atomic E-state index is 11.9. The quantitative estimate of drug-likeness (QED) is 0.792. The molecular formula is C17H17NO3. The van der Waals surface area contributed by atoms with Crippen molar-refractivity contribution in [3.8, 4) is 0 Å². The molecule has 4 heteroatoms. The number of carbonyl (C=O) groups excluding carboxylic acids is 2. The van der Waals surface area contributed by atoms with Gasteiger partial charge in [0.25, 0.3) is 5.91 Å². The van der Waals surface area contributed by atoms with E-state index in [1.165, 1.54) is 4.90 Å². The molecule has 0 unspecified atom stereocenters. The Labute approximate surface area is 124 Å². The molecule has 2 aromatic rings. The molecule has 0 saturated heterocycles. The summed E-state index contributed by atoms with van der Waals surface area (Å²) in [6.07, 6.45) is 0.170. The highest BCUT2D eigenvalue weighted by molar-refractivity contribution is 5.94. The number of hydrogen-bond acceptors (Lipinski definition) is 3. The fourth-order valence-electron chi connectivity index (χ4n) is 1.85. The number of benzene rings is 2. The Balaban J connectivity index is 1.82. The molecule has 0 saturated carbocycles. The second kappa shape index (κ2) is 7.24. The summed E-state index contributed by atoms with van der Waals surface area (Å²) in [7, 11) is 1.66. The van der Waals surface area contributed by atoms with E-state index >= 15 is 0 Å². The third kappa shape index (κ3) is 4.45. The minimum Gasteiger partial charge on any atom is -0.455 e. The first-order valence-electron chi connectivity index (χ1n) is 6.68. The number of nitrogens with zero attached hydrogens (tertiary/aromatic N) is 1. The zero-order valence-corrected chi connectivity index (χ0v) is 11.9. The van der Waals surface area contributed by atoms with Gasteiger partial charge in [0.2, 0.25) is 0 Å². The van der Waals surface area contributed by atoms with Gasteiger partial charge in [0.05, 0.1) is 6.42 Å². The molecule has 0 bridgehead atoms. The van der Waals surface area contributed by atoms with E-state index in [2.05, 4.69) is 0 Å².